The Hall–Kier alpha value is -0.530. The average molecular weight is 209 g/mol. The summed E-state index contributed by atoms with van der Waals surface area (Å²) in [6, 6.07) is 0. The summed E-state index contributed by atoms with van der Waals surface area (Å²) in [6.45, 7) is 9.30. The van der Waals surface area contributed by atoms with Crippen LogP contribution in [0.2, 0.25) is 0 Å². The second-order valence-electron chi connectivity index (χ2n) is 7.38. The lowest BCUT2D eigenvalue weighted by atomic mass is 9.59. The fourth-order valence-corrected chi connectivity index (χ4v) is 4.53. The van der Waals surface area contributed by atoms with Crippen LogP contribution in [0, 0.1) is 22.2 Å². The van der Waals surface area contributed by atoms with Gasteiger partial charge in [-0.25, -0.2) is 0 Å². The standard InChI is InChI=1S/C13H23NO/c1-11(2)6-12(3,4)8-13(7-11)5-9(13)10(14)15/h9H,5-8H2,1-4H3,(H2,14,15). The van der Waals surface area contributed by atoms with Crippen molar-refractivity contribution in [1.29, 1.82) is 0 Å². The van der Waals surface area contributed by atoms with Gasteiger partial charge in [-0.05, 0) is 41.9 Å². The molecule has 86 valence electrons. The Bertz CT molecular complexity index is 288. The molecule has 1 amide bonds. The third-order valence-corrected chi connectivity index (χ3v) is 4.15. The summed E-state index contributed by atoms with van der Waals surface area (Å²) < 4.78 is 0. The molecule has 2 saturated carbocycles. The van der Waals surface area contributed by atoms with E-state index in [0.29, 0.717) is 10.8 Å². The first-order valence-electron chi connectivity index (χ1n) is 5.95. The Morgan fingerprint density at radius 3 is 1.87 bits per heavy atom. The molecular formula is C13H23NO. The van der Waals surface area contributed by atoms with Gasteiger partial charge in [0.05, 0.1) is 0 Å². The van der Waals surface area contributed by atoms with Gasteiger partial charge in [-0.2, -0.15) is 0 Å². The van der Waals surface area contributed by atoms with Gasteiger partial charge in [0, 0.05) is 5.92 Å². The van der Waals surface area contributed by atoms with Gasteiger partial charge < -0.3 is 5.73 Å². The first-order valence-corrected chi connectivity index (χ1v) is 5.95. The molecule has 2 fully saturated rings. The Morgan fingerprint density at radius 2 is 1.53 bits per heavy atom. The quantitative estimate of drug-likeness (QED) is 0.709. The molecule has 1 atom stereocenters. The zero-order valence-corrected chi connectivity index (χ0v) is 10.4. The van der Waals surface area contributed by atoms with Crippen molar-refractivity contribution in [3.05, 3.63) is 0 Å². The molecule has 0 bridgehead atoms. The molecule has 2 aliphatic carbocycles. The molecule has 2 rings (SSSR count). The lowest BCUT2D eigenvalue weighted by Crippen LogP contribution is -2.37. The highest BCUT2D eigenvalue weighted by atomic mass is 16.1. The topological polar surface area (TPSA) is 43.1 Å². The molecule has 0 radical (unpaired) electrons. The van der Waals surface area contributed by atoms with Crippen molar-refractivity contribution in [2.24, 2.45) is 27.9 Å². The smallest absolute Gasteiger partial charge is 0.221 e. The van der Waals surface area contributed by atoms with Crippen LogP contribution in [0.5, 0.6) is 0 Å². The number of hydrogen-bond acceptors (Lipinski definition) is 1. The van der Waals surface area contributed by atoms with Crippen molar-refractivity contribution in [2.75, 3.05) is 0 Å². The van der Waals surface area contributed by atoms with Crippen molar-refractivity contribution in [3.63, 3.8) is 0 Å². The Balaban J connectivity index is 2.19. The predicted molar refractivity (Wildman–Crippen MR) is 61.1 cm³/mol. The lowest BCUT2D eigenvalue weighted by molar-refractivity contribution is -0.120. The van der Waals surface area contributed by atoms with Crippen LogP contribution in [0.15, 0.2) is 0 Å². The first kappa shape index (κ1) is 11.0. The molecule has 0 aromatic carbocycles. The first-order chi connectivity index (χ1) is 6.66. The van der Waals surface area contributed by atoms with Crippen molar-refractivity contribution in [3.8, 4) is 0 Å². The van der Waals surface area contributed by atoms with Crippen LogP contribution in [-0.2, 0) is 4.79 Å². The van der Waals surface area contributed by atoms with E-state index in [9.17, 15) is 4.79 Å². The maximum Gasteiger partial charge on any atom is 0.221 e. The summed E-state index contributed by atoms with van der Waals surface area (Å²) in [6.07, 6.45) is 4.65. The molecule has 0 aliphatic heterocycles. The molecule has 0 aromatic rings. The number of carbonyl (C=O) groups excluding carboxylic acids is 1. The maximum atomic E-state index is 11.3. The summed E-state index contributed by atoms with van der Waals surface area (Å²) in [5.41, 5.74) is 6.44. The zero-order valence-electron chi connectivity index (χ0n) is 10.4. The lowest BCUT2D eigenvalue weighted by Gasteiger charge is -2.46. The molecule has 1 spiro atoms. The number of amides is 1. The third kappa shape index (κ3) is 1.91. The number of nitrogens with two attached hydrogens (primary N) is 1. The monoisotopic (exact) mass is 209 g/mol. The van der Waals surface area contributed by atoms with E-state index >= 15 is 0 Å². The molecule has 1 unspecified atom stereocenters. The van der Waals surface area contributed by atoms with E-state index in [2.05, 4.69) is 27.7 Å². The number of hydrogen-bond donors (Lipinski definition) is 1. The molecule has 2 heteroatoms. The van der Waals surface area contributed by atoms with Gasteiger partial charge in [0.1, 0.15) is 0 Å². The van der Waals surface area contributed by atoms with Crippen LogP contribution in [0.4, 0.5) is 0 Å². The average Bonchev–Trinajstić information content (AvgIpc) is 2.54. The summed E-state index contributed by atoms with van der Waals surface area (Å²) in [5, 5.41) is 0. The Kier molecular flexibility index (Phi) is 2.03. The molecule has 2 nitrogen and oxygen atoms in total. The number of primary amides is 1. The minimum absolute atomic E-state index is 0.0801. The van der Waals surface area contributed by atoms with E-state index in [1.165, 1.54) is 19.3 Å². The summed E-state index contributed by atoms with van der Waals surface area (Å²) in [5.74, 6) is 0.0832. The van der Waals surface area contributed by atoms with Gasteiger partial charge in [0.15, 0.2) is 0 Å². The van der Waals surface area contributed by atoms with Crippen molar-refractivity contribution >= 4 is 5.91 Å². The normalized spacial score (nSPS) is 35.1. The van der Waals surface area contributed by atoms with Crippen LogP contribution in [0.3, 0.4) is 0 Å². The minimum atomic E-state index is -0.0801. The largest absolute Gasteiger partial charge is 0.369 e. The molecule has 15 heavy (non-hydrogen) atoms. The van der Waals surface area contributed by atoms with E-state index in [1.807, 2.05) is 0 Å². The summed E-state index contributed by atoms with van der Waals surface area (Å²) in [7, 11) is 0. The Labute approximate surface area is 92.6 Å². The van der Waals surface area contributed by atoms with Crippen molar-refractivity contribution < 1.29 is 4.79 Å². The summed E-state index contributed by atoms with van der Waals surface area (Å²) in [4.78, 5) is 11.3. The highest BCUT2D eigenvalue weighted by Gasteiger charge is 2.62. The van der Waals surface area contributed by atoms with Crippen molar-refractivity contribution in [1.82, 2.24) is 0 Å². The number of carbonyl (C=O) groups is 1. The second kappa shape index (κ2) is 2.78. The SMILES string of the molecule is CC1(C)CC(C)(C)CC2(CC2C(N)=O)C1. The molecule has 0 aromatic heterocycles. The van der Waals surface area contributed by atoms with Gasteiger partial charge >= 0.3 is 0 Å². The van der Waals surface area contributed by atoms with E-state index in [1.54, 1.807) is 0 Å². The summed E-state index contributed by atoms with van der Waals surface area (Å²) >= 11 is 0. The molecule has 0 heterocycles. The van der Waals surface area contributed by atoms with Crippen LogP contribution >= 0.6 is 0 Å². The van der Waals surface area contributed by atoms with Gasteiger partial charge in [-0.15, -0.1) is 0 Å². The predicted octanol–water partition coefficient (Wildman–Crippen LogP) is 2.71. The van der Waals surface area contributed by atoms with Crippen LogP contribution < -0.4 is 5.73 Å². The van der Waals surface area contributed by atoms with E-state index < -0.39 is 0 Å². The van der Waals surface area contributed by atoms with Gasteiger partial charge in [-0.3, -0.25) is 4.79 Å². The van der Waals surface area contributed by atoms with Gasteiger partial charge in [0.25, 0.3) is 0 Å². The Morgan fingerprint density at radius 1 is 1.07 bits per heavy atom. The molecule has 2 N–H and O–H groups in total. The zero-order chi connectivity index (χ0) is 11.5. The van der Waals surface area contributed by atoms with Crippen LogP contribution in [0.1, 0.15) is 53.4 Å². The van der Waals surface area contributed by atoms with Gasteiger partial charge in [-0.1, -0.05) is 27.7 Å². The van der Waals surface area contributed by atoms with Crippen LogP contribution in [0.25, 0.3) is 0 Å². The minimum Gasteiger partial charge on any atom is -0.369 e. The van der Waals surface area contributed by atoms with E-state index in [4.69, 9.17) is 5.73 Å². The van der Waals surface area contributed by atoms with Crippen molar-refractivity contribution in [2.45, 2.75) is 53.4 Å². The fourth-order valence-electron chi connectivity index (χ4n) is 4.53. The number of rotatable bonds is 1. The third-order valence-electron chi connectivity index (χ3n) is 4.15. The molecule has 2 aliphatic rings. The molecular weight excluding hydrogens is 186 g/mol. The fraction of sp³-hybridized carbons (Fsp3) is 0.923. The highest BCUT2D eigenvalue weighted by Crippen LogP contribution is 2.68. The maximum absolute atomic E-state index is 11.3. The highest BCUT2D eigenvalue weighted by molar-refractivity contribution is 5.80. The van der Waals surface area contributed by atoms with E-state index in [0.717, 1.165) is 6.42 Å². The van der Waals surface area contributed by atoms with E-state index in [-0.39, 0.29) is 17.2 Å². The molecule has 0 saturated heterocycles. The van der Waals surface area contributed by atoms with Crippen LogP contribution in [-0.4, -0.2) is 5.91 Å². The second-order valence-corrected chi connectivity index (χ2v) is 7.38. The van der Waals surface area contributed by atoms with Gasteiger partial charge in [0.2, 0.25) is 5.91 Å².